The second-order valence-corrected chi connectivity index (χ2v) is 8.26. The zero-order valence-corrected chi connectivity index (χ0v) is 9.04. The Morgan fingerprint density at radius 1 is 1.44 bits per heavy atom. The zero-order valence-electron chi connectivity index (χ0n) is 6.87. The van der Waals surface area contributed by atoms with Crippen LogP contribution in [-0.4, -0.2) is 15.4 Å². The number of alkyl halides is 1. The number of halogens is 1. The highest BCUT2D eigenvalue weighted by Crippen LogP contribution is 2.25. The average Bonchev–Trinajstić information content (AvgIpc) is 1.62. The fourth-order valence-electron chi connectivity index (χ4n) is 1.10. The summed E-state index contributed by atoms with van der Waals surface area (Å²) < 4.78 is 0. The molecule has 0 saturated carbocycles. The Balaban J connectivity index is 3.47. The molecular formula is C7H17ClSi. The van der Waals surface area contributed by atoms with Crippen molar-refractivity contribution in [2.24, 2.45) is 0 Å². The van der Waals surface area contributed by atoms with Gasteiger partial charge in [-0.3, -0.25) is 0 Å². The van der Waals surface area contributed by atoms with Gasteiger partial charge in [0.1, 0.15) is 0 Å². The molecular weight excluding hydrogens is 148 g/mol. The lowest BCUT2D eigenvalue weighted by Gasteiger charge is -2.20. The Morgan fingerprint density at radius 3 is 2.00 bits per heavy atom. The third kappa shape index (κ3) is 6.39. The Morgan fingerprint density at radius 2 is 1.89 bits per heavy atom. The van der Waals surface area contributed by atoms with Gasteiger partial charge in [-0.05, 0) is 10.6 Å². The van der Waals surface area contributed by atoms with Crippen molar-refractivity contribution in [3.63, 3.8) is 0 Å². The van der Waals surface area contributed by atoms with E-state index < -0.39 is 0 Å². The third-order valence-corrected chi connectivity index (χ3v) is 4.33. The first-order valence-corrected chi connectivity index (χ1v) is 5.57. The molecule has 0 rings (SSSR count). The summed E-state index contributed by atoms with van der Waals surface area (Å²) in [6.45, 7) is 9.18. The van der Waals surface area contributed by atoms with E-state index in [4.69, 9.17) is 11.6 Å². The predicted molar refractivity (Wildman–Crippen MR) is 48.4 cm³/mol. The molecule has 0 radical (unpaired) electrons. The molecule has 9 heavy (non-hydrogen) atoms. The van der Waals surface area contributed by atoms with Crippen molar-refractivity contribution in [2.75, 3.05) is 5.88 Å². The monoisotopic (exact) mass is 164 g/mol. The minimum Gasteiger partial charge on any atom is -0.127 e. The van der Waals surface area contributed by atoms with Crippen molar-refractivity contribution in [3.05, 3.63) is 0 Å². The lowest BCUT2D eigenvalue weighted by Crippen LogP contribution is -2.13. The fraction of sp³-hybridized carbons (Fsp3) is 1.00. The largest absolute Gasteiger partial charge is 0.127 e. The van der Waals surface area contributed by atoms with Gasteiger partial charge in [-0.1, -0.05) is 27.7 Å². The molecule has 0 heterocycles. The van der Waals surface area contributed by atoms with Gasteiger partial charge in [0.05, 0.1) is 0 Å². The molecule has 0 nitrogen and oxygen atoms in total. The van der Waals surface area contributed by atoms with Crippen LogP contribution in [0.1, 0.15) is 27.7 Å². The summed E-state index contributed by atoms with van der Waals surface area (Å²) in [6, 6.07) is 0. The van der Waals surface area contributed by atoms with Crippen LogP contribution < -0.4 is 0 Å². The summed E-state index contributed by atoms with van der Waals surface area (Å²) in [7, 11) is 0.0421. The average molecular weight is 165 g/mol. The molecule has 0 aromatic heterocycles. The topological polar surface area (TPSA) is 0 Å². The van der Waals surface area contributed by atoms with E-state index >= 15 is 0 Å². The van der Waals surface area contributed by atoms with Crippen LogP contribution in [0.25, 0.3) is 0 Å². The minimum atomic E-state index is 0.0421. The van der Waals surface area contributed by atoms with Crippen molar-refractivity contribution >= 4 is 21.1 Å². The maximum Gasteiger partial charge on any atom is 0.0304 e. The molecule has 0 amide bonds. The van der Waals surface area contributed by atoms with Crippen LogP contribution in [-0.2, 0) is 0 Å². The summed E-state index contributed by atoms with van der Waals surface area (Å²) in [4.78, 5) is 0. The Labute approximate surface area is 65.8 Å². The first kappa shape index (κ1) is 9.51. The highest BCUT2D eigenvalue weighted by molar-refractivity contribution is 6.43. The predicted octanol–water partition coefficient (Wildman–Crippen LogP) is 2.42. The van der Waals surface area contributed by atoms with E-state index in [0.717, 1.165) is 11.4 Å². The lowest BCUT2D eigenvalue weighted by atomic mass is 10.2. The van der Waals surface area contributed by atoms with Crippen molar-refractivity contribution in [3.8, 4) is 0 Å². The van der Waals surface area contributed by atoms with Gasteiger partial charge in [0, 0.05) is 15.4 Å². The SMILES string of the molecule is CC(CCl)[SiH2]C(C)(C)C. The molecule has 0 fully saturated rings. The molecule has 0 aliphatic rings. The summed E-state index contributed by atoms with van der Waals surface area (Å²) in [5.74, 6) is 0.851. The van der Waals surface area contributed by atoms with E-state index in [1.807, 2.05) is 0 Å². The number of rotatable bonds is 2. The maximum atomic E-state index is 5.69. The van der Waals surface area contributed by atoms with Crippen LogP contribution in [0.3, 0.4) is 0 Å². The van der Waals surface area contributed by atoms with Gasteiger partial charge in [0.2, 0.25) is 0 Å². The van der Waals surface area contributed by atoms with Crippen molar-refractivity contribution in [1.82, 2.24) is 0 Å². The summed E-state index contributed by atoms with van der Waals surface area (Å²) in [5, 5.41) is 0.578. The highest BCUT2D eigenvalue weighted by Gasteiger charge is 2.14. The Hall–Kier alpha value is 0.507. The molecule has 56 valence electrons. The van der Waals surface area contributed by atoms with E-state index in [1.54, 1.807) is 0 Å². The number of hydrogen-bond donors (Lipinski definition) is 0. The van der Waals surface area contributed by atoms with Crippen LogP contribution in [0.2, 0.25) is 10.6 Å². The van der Waals surface area contributed by atoms with E-state index in [9.17, 15) is 0 Å². The quantitative estimate of drug-likeness (QED) is 0.435. The molecule has 2 heteroatoms. The molecule has 0 aromatic rings. The van der Waals surface area contributed by atoms with E-state index in [1.165, 1.54) is 0 Å². The Kier molecular flexibility index (Phi) is 3.82. The molecule has 0 aliphatic heterocycles. The van der Waals surface area contributed by atoms with Gasteiger partial charge in [-0.25, -0.2) is 0 Å². The van der Waals surface area contributed by atoms with Crippen LogP contribution in [0, 0.1) is 0 Å². The van der Waals surface area contributed by atoms with E-state index in [0.29, 0.717) is 5.04 Å². The summed E-state index contributed by atoms with van der Waals surface area (Å²) in [5.41, 5.74) is 0.798. The van der Waals surface area contributed by atoms with E-state index in [-0.39, 0.29) is 9.52 Å². The van der Waals surface area contributed by atoms with Crippen LogP contribution in [0.5, 0.6) is 0 Å². The first-order chi connectivity index (χ1) is 3.95. The van der Waals surface area contributed by atoms with Crippen LogP contribution in [0.4, 0.5) is 0 Å². The van der Waals surface area contributed by atoms with Crippen molar-refractivity contribution < 1.29 is 0 Å². The first-order valence-electron chi connectivity index (χ1n) is 3.51. The molecule has 1 atom stereocenters. The lowest BCUT2D eigenvalue weighted by molar-refractivity contribution is 0.737. The maximum absolute atomic E-state index is 5.69. The van der Waals surface area contributed by atoms with Gasteiger partial charge < -0.3 is 0 Å². The zero-order chi connectivity index (χ0) is 7.49. The molecule has 0 saturated heterocycles. The van der Waals surface area contributed by atoms with Crippen LogP contribution >= 0.6 is 11.6 Å². The highest BCUT2D eigenvalue weighted by atomic mass is 35.5. The molecule has 0 spiro atoms. The third-order valence-electron chi connectivity index (χ3n) is 1.22. The van der Waals surface area contributed by atoms with Gasteiger partial charge in [-0.15, -0.1) is 11.6 Å². The second kappa shape index (κ2) is 3.62. The van der Waals surface area contributed by atoms with Crippen LogP contribution in [0.15, 0.2) is 0 Å². The summed E-state index contributed by atoms with van der Waals surface area (Å²) in [6.07, 6.45) is 0. The van der Waals surface area contributed by atoms with Crippen molar-refractivity contribution in [1.29, 1.82) is 0 Å². The molecule has 0 bridgehead atoms. The normalized spacial score (nSPS) is 17.0. The van der Waals surface area contributed by atoms with E-state index in [2.05, 4.69) is 27.7 Å². The molecule has 0 N–H and O–H groups in total. The standard InChI is InChI=1S/C7H17ClSi/c1-6(5-8)9-7(2,3)4/h6H,5,9H2,1-4H3. The minimum absolute atomic E-state index is 0.0421. The molecule has 1 unspecified atom stereocenters. The number of hydrogen-bond acceptors (Lipinski definition) is 0. The second-order valence-electron chi connectivity index (χ2n) is 4.02. The summed E-state index contributed by atoms with van der Waals surface area (Å²) >= 11 is 5.69. The fourth-order valence-corrected chi connectivity index (χ4v) is 3.63. The Bertz CT molecular complexity index is 75.5. The van der Waals surface area contributed by atoms with Gasteiger partial charge >= 0.3 is 0 Å². The molecule has 0 aliphatic carbocycles. The van der Waals surface area contributed by atoms with Gasteiger partial charge in [0.25, 0.3) is 0 Å². The molecule has 0 aromatic carbocycles. The van der Waals surface area contributed by atoms with Gasteiger partial charge in [0.15, 0.2) is 0 Å². The van der Waals surface area contributed by atoms with Crippen molar-refractivity contribution in [2.45, 2.75) is 38.3 Å². The smallest absolute Gasteiger partial charge is 0.0304 e. The van der Waals surface area contributed by atoms with Gasteiger partial charge in [-0.2, -0.15) is 0 Å².